The quantitative estimate of drug-likeness (QED) is 0.921. The molecule has 6 heteroatoms. The highest BCUT2D eigenvalue weighted by atomic mass is 35.5. The Labute approximate surface area is 139 Å². The van der Waals surface area contributed by atoms with Crippen molar-refractivity contribution in [2.45, 2.75) is 49.6 Å². The predicted molar refractivity (Wildman–Crippen MR) is 91.5 cm³/mol. The average Bonchev–Trinajstić information content (AvgIpc) is 2.68. The van der Waals surface area contributed by atoms with Gasteiger partial charge in [0.2, 0.25) is 5.91 Å². The summed E-state index contributed by atoms with van der Waals surface area (Å²) < 4.78 is 2.20. The second kappa shape index (κ2) is 6.92. The molecule has 0 unspecified atom stereocenters. The zero-order valence-electron chi connectivity index (χ0n) is 12.6. The van der Waals surface area contributed by atoms with Crippen LogP contribution in [0.3, 0.4) is 0 Å². The van der Waals surface area contributed by atoms with E-state index in [1.54, 1.807) is 11.8 Å². The molecule has 1 saturated heterocycles. The van der Waals surface area contributed by atoms with Gasteiger partial charge in [-0.1, -0.05) is 36.7 Å². The monoisotopic (exact) mass is 337 g/mol. The summed E-state index contributed by atoms with van der Waals surface area (Å²) in [6, 6.07) is 5.79. The zero-order chi connectivity index (χ0) is 15.5. The first-order valence-corrected chi connectivity index (χ1v) is 9.05. The van der Waals surface area contributed by atoms with E-state index in [0.29, 0.717) is 5.02 Å². The lowest BCUT2D eigenvalue weighted by Crippen LogP contribution is -2.30. The van der Waals surface area contributed by atoms with Crippen LogP contribution < -0.4 is 5.32 Å². The third-order valence-corrected chi connectivity index (χ3v) is 5.35. The summed E-state index contributed by atoms with van der Waals surface area (Å²) in [6.07, 6.45) is 4.07. The normalized spacial score (nSPS) is 19.2. The van der Waals surface area contributed by atoms with Crippen molar-refractivity contribution in [3.8, 4) is 0 Å². The Hall–Kier alpha value is -1.20. The minimum atomic E-state index is -0.0506. The molecule has 3 rings (SSSR count). The molecule has 1 amide bonds. The fourth-order valence-electron chi connectivity index (χ4n) is 2.76. The molecule has 1 N–H and O–H groups in total. The van der Waals surface area contributed by atoms with Crippen molar-refractivity contribution < 1.29 is 4.79 Å². The second-order valence-corrected chi connectivity index (χ2v) is 7.18. The molecule has 1 fully saturated rings. The number of nitrogens with zero attached hydrogens (tertiary/aromatic N) is 2. The maximum absolute atomic E-state index is 12.2. The summed E-state index contributed by atoms with van der Waals surface area (Å²) >= 11 is 7.65. The van der Waals surface area contributed by atoms with E-state index < -0.39 is 0 Å². The molecule has 0 aliphatic carbocycles. The number of nitrogens with one attached hydrogen (secondary N) is 1. The Balaban J connectivity index is 1.94. The average molecular weight is 338 g/mol. The lowest BCUT2D eigenvalue weighted by molar-refractivity contribution is -0.120. The summed E-state index contributed by atoms with van der Waals surface area (Å²) in [5.41, 5.74) is 1.99. The number of rotatable bonds is 4. The molecule has 1 aromatic heterocycles. The molecular formula is C16H20ClN3OS. The first-order valence-electron chi connectivity index (χ1n) is 7.79. The van der Waals surface area contributed by atoms with E-state index in [0.717, 1.165) is 55.0 Å². The summed E-state index contributed by atoms with van der Waals surface area (Å²) in [4.78, 5) is 16.9. The fraction of sp³-hybridized carbons (Fsp3) is 0.500. The molecule has 4 nitrogen and oxygen atoms in total. The topological polar surface area (TPSA) is 46.9 Å². The number of amides is 1. The van der Waals surface area contributed by atoms with Crippen molar-refractivity contribution in [3.63, 3.8) is 0 Å². The molecule has 0 bridgehead atoms. The minimum absolute atomic E-state index is 0.0506. The maximum Gasteiger partial charge on any atom is 0.233 e. The highest BCUT2D eigenvalue weighted by Crippen LogP contribution is 2.31. The molecule has 1 aliphatic rings. The van der Waals surface area contributed by atoms with Gasteiger partial charge in [-0.2, -0.15) is 0 Å². The number of thioether (sulfide) groups is 1. The molecule has 2 heterocycles. The number of carbonyl (C=O) groups is 1. The molecule has 0 spiro atoms. The van der Waals surface area contributed by atoms with Crippen LogP contribution in [0.15, 0.2) is 23.4 Å². The van der Waals surface area contributed by atoms with Gasteiger partial charge in [-0.25, -0.2) is 4.98 Å². The standard InChI is InChI=1S/C16H20ClN3OS/c1-2-9-20-13-7-6-11(17)10-12(13)19-16(20)22-14-5-3-4-8-18-15(14)21/h6-7,10,14H,2-5,8-9H2,1H3,(H,18,21)/t14-/m1/s1. The van der Waals surface area contributed by atoms with Crippen LogP contribution in [0.5, 0.6) is 0 Å². The van der Waals surface area contributed by atoms with Gasteiger partial charge in [0.1, 0.15) is 0 Å². The van der Waals surface area contributed by atoms with Crippen molar-refractivity contribution in [1.29, 1.82) is 0 Å². The predicted octanol–water partition coefficient (Wildman–Crippen LogP) is 3.86. The SMILES string of the molecule is CCCn1c(S[C@@H]2CCCCNC2=O)nc2cc(Cl)ccc21. The first kappa shape index (κ1) is 15.7. The van der Waals surface area contributed by atoms with E-state index in [9.17, 15) is 4.79 Å². The molecule has 1 aliphatic heterocycles. The van der Waals surface area contributed by atoms with Crippen molar-refractivity contribution in [2.24, 2.45) is 0 Å². The lowest BCUT2D eigenvalue weighted by Gasteiger charge is -2.13. The highest BCUT2D eigenvalue weighted by Gasteiger charge is 2.24. The van der Waals surface area contributed by atoms with Crippen LogP contribution >= 0.6 is 23.4 Å². The summed E-state index contributed by atoms with van der Waals surface area (Å²) in [6.45, 7) is 3.83. The summed E-state index contributed by atoms with van der Waals surface area (Å²) in [7, 11) is 0. The Morgan fingerprint density at radius 3 is 3.14 bits per heavy atom. The Morgan fingerprint density at radius 1 is 1.45 bits per heavy atom. The van der Waals surface area contributed by atoms with Crippen molar-refractivity contribution >= 4 is 40.3 Å². The van der Waals surface area contributed by atoms with E-state index in [2.05, 4.69) is 16.8 Å². The van der Waals surface area contributed by atoms with Crippen LogP contribution in [0.2, 0.25) is 5.02 Å². The largest absolute Gasteiger partial charge is 0.355 e. The molecule has 2 aromatic rings. The number of hydrogen-bond acceptors (Lipinski definition) is 3. The third-order valence-electron chi connectivity index (χ3n) is 3.85. The number of halogens is 1. The molecule has 0 saturated carbocycles. The highest BCUT2D eigenvalue weighted by molar-refractivity contribution is 8.00. The number of fused-ring (bicyclic) bond motifs is 1. The van der Waals surface area contributed by atoms with E-state index in [-0.39, 0.29) is 11.2 Å². The minimum Gasteiger partial charge on any atom is -0.355 e. The smallest absolute Gasteiger partial charge is 0.233 e. The Bertz CT molecular complexity index is 685. The van der Waals surface area contributed by atoms with Crippen LogP contribution in [-0.4, -0.2) is 27.3 Å². The fourth-order valence-corrected chi connectivity index (χ4v) is 4.13. The number of benzene rings is 1. The van der Waals surface area contributed by atoms with E-state index in [1.165, 1.54) is 0 Å². The third kappa shape index (κ3) is 3.25. The summed E-state index contributed by atoms with van der Waals surface area (Å²) in [5, 5.41) is 4.55. The number of aryl methyl sites for hydroxylation is 1. The zero-order valence-corrected chi connectivity index (χ0v) is 14.2. The van der Waals surface area contributed by atoms with Gasteiger partial charge in [-0.15, -0.1) is 0 Å². The number of carbonyl (C=O) groups excluding carboxylic acids is 1. The molecule has 22 heavy (non-hydrogen) atoms. The first-order chi connectivity index (χ1) is 10.7. The number of imidazole rings is 1. The number of hydrogen-bond donors (Lipinski definition) is 1. The van der Waals surface area contributed by atoms with Crippen LogP contribution in [0, 0.1) is 0 Å². The van der Waals surface area contributed by atoms with Crippen LogP contribution in [0.4, 0.5) is 0 Å². The molecular weight excluding hydrogens is 318 g/mol. The van der Waals surface area contributed by atoms with Crippen molar-refractivity contribution in [3.05, 3.63) is 23.2 Å². The van der Waals surface area contributed by atoms with Gasteiger partial charge in [0.05, 0.1) is 16.3 Å². The van der Waals surface area contributed by atoms with E-state index in [4.69, 9.17) is 16.6 Å². The van der Waals surface area contributed by atoms with Crippen LogP contribution in [-0.2, 0) is 11.3 Å². The second-order valence-electron chi connectivity index (χ2n) is 5.57. The molecule has 0 radical (unpaired) electrons. The van der Waals surface area contributed by atoms with E-state index in [1.807, 2.05) is 18.2 Å². The van der Waals surface area contributed by atoms with Crippen molar-refractivity contribution in [1.82, 2.24) is 14.9 Å². The van der Waals surface area contributed by atoms with Crippen LogP contribution in [0.25, 0.3) is 11.0 Å². The van der Waals surface area contributed by atoms with Crippen LogP contribution in [0.1, 0.15) is 32.6 Å². The molecule has 118 valence electrons. The van der Waals surface area contributed by atoms with Gasteiger partial charge < -0.3 is 9.88 Å². The van der Waals surface area contributed by atoms with Gasteiger partial charge >= 0.3 is 0 Å². The maximum atomic E-state index is 12.2. The lowest BCUT2D eigenvalue weighted by atomic mass is 10.2. The van der Waals surface area contributed by atoms with Gasteiger partial charge in [0, 0.05) is 18.1 Å². The van der Waals surface area contributed by atoms with Gasteiger partial charge in [0.15, 0.2) is 5.16 Å². The van der Waals surface area contributed by atoms with E-state index >= 15 is 0 Å². The molecule has 1 atom stereocenters. The van der Waals surface area contributed by atoms with Gasteiger partial charge in [0.25, 0.3) is 0 Å². The summed E-state index contributed by atoms with van der Waals surface area (Å²) in [5.74, 6) is 0.135. The molecule has 1 aromatic carbocycles. The Morgan fingerprint density at radius 2 is 2.32 bits per heavy atom. The van der Waals surface area contributed by atoms with Gasteiger partial charge in [-0.05, 0) is 37.5 Å². The van der Waals surface area contributed by atoms with Crippen molar-refractivity contribution in [2.75, 3.05) is 6.54 Å². The Kier molecular flexibility index (Phi) is 4.93. The van der Waals surface area contributed by atoms with Gasteiger partial charge in [-0.3, -0.25) is 4.79 Å². The number of aromatic nitrogens is 2.